The predicted molar refractivity (Wildman–Crippen MR) is 139 cm³/mol. The van der Waals surface area contributed by atoms with E-state index in [1.165, 1.54) is 26.3 Å². The fourth-order valence-corrected chi connectivity index (χ4v) is 5.49. The van der Waals surface area contributed by atoms with Crippen LogP contribution in [0.2, 0.25) is 0 Å². The molecule has 0 aliphatic carbocycles. The molecule has 1 heterocycles. The van der Waals surface area contributed by atoms with Crippen LogP contribution >= 0.6 is 11.8 Å². The molecule has 0 spiro atoms. The Morgan fingerprint density at radius 1 is 1.16 bits per heavy atom. The van der Waals surface area contributed by atoms with E-state index in [1.807, 2.05) is 13.8 Å². The number of thioether (sulfide) groups is 1. The second kappa shape index (κ2) is 17.0. The molecule has 4 unspecified atom stereocenters. The zero-order valence-corrected chi connectivity index (χ0v) is 24.8. The van der Waals surface area contributed by atoms with Crippen LogP contribution in [-0.2, 0) is 43.3 Å². The number of rotatable bonds is 9. The fraction of sp³-hybridized carbons (Fsp3) is 0.696. The van der Waals surface area contributed by atoms with Gasteiger partial charge in [-0.25, -0.2) is 0 Å². The molecule has 7 atom stereocenters. The number of hydrogen-bond acceptors (Lipinski definition) is 9. The third kappa shape index (κ3) is 11.1. The van der Waals surface area contributed by atoms with Gasteiger partial charge in [-0.2, -0.15) is 0 Å². The number of nitrogens with one attached hydrogen (secondary N) is 5. The van der Waals surface area contributed by atoms with Crippen molar-refractivity contribution in [3.05, 3.63) is 6.42 Å². The standard InChI is InChI=1S/C23H39N6O7S.Mo/c1-5-7-15-19(23(35)36)37-11-17(26-12(3)6-2)22(34)29-16(10-30)21(33)27-13(4)20(32)28-14(9-25-15)8-18(24)31;/h5,12-17,19,25-26,30H,6-8,10-11H2,1-4H3,(H2,24,31)(H,27,33)(H,28,32)(H,29,34)(H,35,36);/q-1;/t12?,13-,14?,15+,16?,17-,19?;/m0./s1. The fourth-order valence-electron chi connectivity index (χ4n) is 3.57. The molecule has 9 N–H and O–H groups in total. The first-order chi connectivity index (χ1) is 17.8. The summed E-state index contributed by atoms with van der Waals surface area (Å²) in [6.07, 6.45) is 2.58. The maximum absolute atomic E-state index is 13.1. The number of nitrogens with two attached hydrogens (primary N) is 1. The van der Waals surface area contributed by atoms with Crippen LogP contribution in [0.4, 0.5) is 0 Å². The van der Waals surface area contributed by atoms with Gasteiger partial charge in [0.05, 0.1) is 0 Å². The molecule has 1 saturated heterocycles. The Hall–Kier alpha value is -1.86. The SMILES string of the molecule is C[CH-]C[C@H]1N[C](=[Mo])C(CC(N)=O)NC(=O)[C@H](C)NC(=O)C(CO)NC(=O)[C@@H](NC(C)CC)CSC1C(=O)O. The molecular formula is C23H39MoN6O7S-. The molecule has 0 aromatic carbocycles. The first-order valence-electron chi connectivity index (χ1n) is 12.3. The van der Waals surface area contributed by atoms with Gasteiger partial charge in [-0.05, 0) is 0 Å². The van der Waals surface area contributed by atoms with Crippen molar-refractivity contribution in [1.82, 2.24) is 26.6 Å². The van der Waals surface area contributed by atoms with Crippen molar-refractivity contribution in [1.29, 1.82) is 0 Å². The molecule has 0 radical (unpaired) electrons. The van der Waals surface area contributed by atoms with Crippen LogP contribution in [0.15, 0.2) is 0 Å². The van der Waals surface area contributed by atoms with Crippen molar-refractivity contribution in [2.45, 2.75) is 88.5 Å². The summed E-state index contributed by atoms with van der Waals surface area (Å²) in [5.41, 5.74) is 5.39. The molecule has 15 heteroatoms. The molecule has 0 bridgehead atoms. The zero-order chi connectivity index (χ0) is 29.0. The molecule has 0 saturated carbocycles. The number of carbonyl (C=O) groups is 5. The number of carboxylic acid groups (broad SMARTS) is 1. The summed E-state index contributed by atoms with van der Waals surface area (Å²) in [5, 5.41) is 32.7. The molecule has 0 aromatic rings. The number of amides is 4. The maximum atomic E-state index is 13.1. The van der Waals surface area contributed by atoms with E-state index in [4.69, 9.17) is 5.73 Å². The van der Waals surface area contributed by atoms with Gasteiger partial charge in [-0.15, -0.1) is 0 Å². The van der Waals surface area contributed by atoms with Gasteiger partial charge in [0.2, 0.25) is 0 Å². The Balaban J connectivity index is 3.47. The Bertz CT molecular complexity index is 879. The molecule has 38 heavy (non-hydrogen) atoms. The zero-order valence-electron chi connectivity index (χ0n) is 22.0. The monoisotopic (exact) mass is 641 g/mol. The van der Waals surface area contributed by atoms with Crippen molar-refractivity contribution < 1.29 is 53.5 Å². The van der Waals surface area contributed by atoms with Crippen LogP contribution in [0.5, 0.6) is 0 Å². The van der Waals surface area contributed by atoms with Gasteiger partial charge in [0, 0.05) is 0 Å². The summed E-state index contributed by atoms with van der Waals surface area (Å²) in [6, 6.07) is -4.89. The van der Waals surface area contributed by atoms with E-state index >= 15 is 0 Å². The Morgan fingerprint density at radius 3 is 2.32 bits per heavy atom. The van der Waals surface area contributed by atoms with E-state index < -0.39 is 71.7 Å². The Kier molecular flexibility index (Phi) is 15.2. The molecule has 0 aromatic heterocycles. The van der Waals surface area contributed by atoms with Crippen molar-refractivity contribution in [3.8, 4) is 0 Å². The quantitative estimate of drug-likeness (QED) is 0.0984. The molecule has 1 rings (SSSR count). The summed E-state index contributed by atoms with van der Waals surface area (Å²) in [7, 11) is 0. The number of hydrogen-bond donors (Lipinski definition) is 8. The summed E-state index contributed by atoms with van der Waals surface area (Å²) in [5.74, 6) is -3.73. The van der Waals surface area contributed by atoms with Crippen LogP contribution in [0.25, 0.3) is 0 Å². The summed E-state index contributed by atoms with van der Waals surface area (Å²) < 4.78 is 0.428. The molecule has 13 nitrogen and oxygen atoms in total. The molecular weight excluding hydrogens is 600 g/mol. The average Bonchev–Trinajstić information content (AvgIpc) is 2.84. The predicted octanol–water partition coefficient (Wildman–Crippen LogP) is -2.47. The Labute approximate surface area is 238 Å². The third-order valence-electron chi connectivity index (χ3n) is 5.89. The van der Waals surface area contributed by atoms with Crippen LogP contribution in [0.3, 0.4) is 0 Å². The number of aliphatic hydroxyl groups excluding tert-OH is 1. The molecule has 216 valence electrons. The first-order valence-corrected chi connectivity index (χ1v) is 14.4. The third-order valence-corrected chi connectivity index (χ3v) is 8.29. The normalized spacial score (nSPS) is 29.1. The van der Waals surface area contributed by atoms with Gasteiger partial charge in [0.15, 0.2) is 0 Å². The molecule has 4 amide bonds. The van der Waals surface area contributed by atoms with E-state index in [2.05, 4.69) is 26.6 Å². The topological polar surface area (TPSA) is 212 Å². The molecule has 1 aliphatic heterocycles. The van der Waals surface area contributed by atoms with Crippen molar-refractivity contribution in [2.24, 2.45) is 5.73 Å². The number of carboxylic acids is 1. The number of primary amides is 1. The number of aliphatic hydroxyl groups is 1. The van der Waals surface area contributed by atoms with E-state index in [-0.39, 0.29) is 18.2 Å². The van der Waals surface area contributed by atoms with Crippen molar-refractivity contribution in [3.63, 3.8) is 0 Å². The van der Waals surface area contributed by atoms with Gasteiger partial charge in [-0.3, -0.25) is 0 Å². The molecule has 1 fully saturated rings. The second-order valence-electron chi connectivity index (χ2n) is 9.09. The van der Waals surface area contributed by atoms with Crippen LogP contribution in [0.1, 0.15) is 47.0 Å². The van der Waals surface area contributed by atoms with Crippen LogP contribution in [-0.4, -0.2) is 97.7 Å². The summed E-state index contributed by atoms with van der Waals surface area (Å²) >= 11 is 2.57. The van der Waals surface area contributed by atoms with Gasteiger partial charge in [0.25, 0.3) is 0 Å². The summed E-state index contributed by atoms with van der Waals surface area (Å²) in [6.45, 7) is 6.27. The van der Waals surface area contributed by atoms with Gasteiger partial charge in [-0.1, -0.05) is 0 Å². The Morgan fingerprint density at radius 2 is 1.79 bits per heavy atom. The minimum absolute atomic E-state index is 0.0620. The summed E-state index contributed by atoms with van der Waals surface area (Å²) in [4.78, 5) is 62.8. The number of carbonyl (C=O) groups excluding carboxylic acids is 4. The van der Waals surface area contributed by atoms with Crippen LogP contribution < -0.4 is 32.3 Å². The minimum atomic E-state index is -1.34. The van der Waals surface area contributed by atoms with Crippen molar-refractivity contribution in [2.75, 3.05) is 12.4 Å². The van der Waals surface area contributed by atoms with Crippen LogP contribution in [0, 0.1) is 6.42 Å². The van der Waals surface area contributed by atoms with E-state index in [0.29, 0.717) is 16.9 Å². The van der Waals surface area contributed by atoms with Gasteiger partial charge in [0.1, 0.15) is 0 Å². The van der Waals surface area contributed by atoms with Gasteiger partial charge >= 0.3 is 238 Å². The van der Waals surface area contributed by atoms with Crippen molar-refractivity contribution >= 4 is 45.4 Å². The first kappa shape index (κ1) is 34.2. The average molecular weight is 640 g/mol. The van der Waals surface area contributed by atoms with Gasteiger partial charge < -0.3 is 0 Å². The van der Waals surface area contributed by atoms with E-state index in [0.717, 1.165) is 11.8 Å². The van der Waals surface area contributed by atoms with E-state index in [1.54, 1.807) is 13.3 Å². The second-order valence-corrected chi connectivity index (χ2v) is 11.3. The molecule has 1 aliphatic rings. The van der Waals surface area contributed by atoms with E-state index in [9.17, 15) is 34.2 Å². The number of aliphatic carboxylic acids is 1.